The lowest BCUT2D eigenvalue weighted by Crippen LogP contribution is -1.80. The molecule has 0 heterocycles. The predicted octanol–water partition coefficient (Wildman–Crippen LogP) is 4.06. The van der Waals surface area contributed by atoms with Crippen molar-refractivity contribution < 1.29 is 4.74 Å². The first kappa shape index (κ1) is 13.9. The average molecular weight is 238 g/mol. The molecular formula is C17H18O. The molecule has 0 aliphatic heterocycles. The molecule has 0 fully saturated rings. The van der Waals surface area contributed by atoms with Gasteiger partial charge in [0, 0.05) is 5.56 Å². The first-order valence-electron chi connectivity index (χ1n) is 5.84. The van der Waals surface area contributed by atoms with Gasteiger partial charge >= 0.3 is 0 Å². The maximum Gasteiger partial charge on any atom is 0.118 e. The zero-order valence-electron chi connectivity index (χ0n) is 11.1. The summed E-state index contributed by atoms with van der Waals surface area (Å²) in [6.07, 6.45) is 0. The second-order valence-corrected chi connectivity index (χ2v) is 3.76. The molecule has 2 aromatic carbocycles. The van der Waals surface area contributed by atoms with Crippen molar-refractivity contribution in [3.63, 3.8) is 0 Å². The molecule has 0 saturated carbocycles. The highest BCUT2D eigenvalue weighted by atomic mass is 16.5. The Balaban J connectivity index is 0.000000180. The fraction of sp³-hybridized carbons (Fsp3) is 0.176. The zero-order chi connectivity index (χ0) is 13.2. The van der Waals surface area contributed by atoms with E-state index in [1.807, 2.05) is 61.5 Å². The maximum absolute atomic E-state index is 4.97. The summed E-state index contributed by atoms with van der Waals surface area (Å²) in [6, 6.07) is 17.9. The normalized spacial score (nSPS) is 8.39. The van der Waals surface area contributed by atoms with Gasteiger partial charge in [-0.2, -0.15) is 0 Å². The summed E-state index contributed by atoms with van der Waals surface area (Å²) in [7, 11) is 1.67. The Kier molecular flexibility index (Phi) is 6.14. The van der Waals surface area contributed by atoms with Crippen LogP contribution in [0.3, 0.4) is 0 Å². The Labute approximate surface area is 109 Å². The molecule has 18 heavy (non-hydrogen) atoms. The van der Waals surface area contributed by atoms with Gasteiger partial charge in [-0.05, 0) is 38.1 Å². The minimum absolute atomic E-state index is 0.917. The van der Waals surface area contributed by atoms with Crippen LogP contribution in [-0.2, 0) is 0 Å². The van der Waals surface area contributed by atoms with Crippen LogP contribution in [0.2, 0.25) is 0 Å². The van der Waals surface area contributed by atoms with Crippen molar-refractivity contribution in [3.05, 3.63) is 65.7 Å². The minimum atomic E-state index is 0.917. The number of hydrogen-bond donors (Lipinski definition) is 0. The lowest BCUT2D eigenvalue weighted by atomic mass is 10.2. The second-order valence-electron chi connectivity index (χ2n) is 3.76. The van der Waals surface area contributed by atoms with Crippen molar-refractivity contribution in [1.29, 1.82) is 0 Å². The molecule has 0 radical (unpaired) electrons. The van der Waals surface area contributed by atoms with Crippen molar-refractivity contribution in [3.8, 4) is 17.6 Å². The molecule has 0 unspecified atom stereocenters. The van der Waals surface area contributed by atoms with E-state index in [1.54, 1.807) is 7.11 Å². The van der Waals surface area contributed by atoms with Crippen LogP contribution in [0.25, 0.3) is 0 Å². The molecule has 2 rings (SSSR count). The number of benzene rings is 2. The van der Waals surface area contributed by atoms with Crippen LogP contribution in [0.15, 0.2) is 54.6 Å². The molecule has 0 aliphatic rings. The number of methoxy groups -OCH3 is 1. The van der Waals surface area contributed by atoms with E-state index in [9.17, 15) is 0 Å². The first-order valence-corrected chi connectivity index (χ1v) is 5.84. The van der Waals surface area contributed by atoms with E-state index >= 15 is 0 Å². The van der Waals surface area contributed by atoms with Crippen molar-refractivity contribution in [2.24, 2.45) is 0 Å². The minimum Gasteiger partial charge on any atom is -0.497 e. The van der Waals surface area contributed by atoms with E-state index in [2.05, 4.69) is 18.8 Å². The molecule has 92 valence electrons. The SMILES string of the molecule is CC#Cc1ccccc1.COc1ccc(C)cc1. The van der Waals surface area contributed by atoms with Crippen LogP contribution in [0, 0.1) is 18.8 Å². The lowest BCUT2D eigenvalue weighted by Gasteiger charge is -1.97. The van der Waals surface area contributed by atoms with E-state index in [1.165, 1.54) is 5.56 Å². The van der Waals surface area contributed by atoms with Crippen molar-refractivity contribution >= 4 is 0 Å². The molecule has 0 aliphatic carbocycles. The first-order chi connectivity index (χ1) is 8.76. The molecule has 2 aromatic rings. The summed E-state index contributed by atoms with van der Waals surface area (Å²) < 4.78 is 4.97. The Morgan fingerprint density at radius 2 is 1.50 bits per heavy atom. The fourth-order valence-corrected chi connectivity index (χ4v) is 1.34. The predicted molar refractivity (Wildman–Crippen MR) is 76.7 cm³/mol. The van der Waals surface area contributed by atoms with Crippen LogP contribution in [0.4, 0.5) is 0 Å². The monoisotopic (exact) mass is 238 g/mol. The standard InChI is InChI=1S/C9H8.C8H10O/c1-2-6-9-7-4-3-5-8-9;1-7-3-5-8(9-2)6-4-7/h3-5,7-8H,1H3;3-6H,1-2H3. The third-order valence-electron chi connectivity index (χ3n) is 2.30. The Morgan fingerprint density at radius 1 is 0.889 bits per heavy atom. The van der Waals surface area contributed by atoms with Gasteiger partial charge in [0.05, 0.1) is 7.11 Å². The van der Waals surface area contributed by atoms with Gasteiger partial charge in [0.1, 0.15) is 5.75 Å². The van der Waals surface area contributed by atoms with Gasteiger partial charge in [-0.1, -0.05) is 41.8 Å². The fourth-order valence-electron chi connectivity index (χ4n) is 1.34. The zero-order valence-corrected chi connectivity index (χ0v) is 11.1. The molecule has 1 heteroatoms. The quantitative estimate of drug-likeness (QED) is 0.681. The van der Waals surface area contributed by atoms with Gasteiger partial charge in [0.15, 0.2) is 0 Å². The molecule has 0 amide bonds. The van der Waals surface area contributed by atoms with Gasteiger partial charge in [-0.3, -0.25) is 0 Å². The summed E-state index contributed by atoms with van der Waals surface area (Å²) in [5, 5.41) is 0. The van der Waals surface area contributed by atoms with Crippen molar-refractivity contribution in [1.82, 2.24) is 0 Å². The molecular weight excluding hydrogens is 220 g/mol. The Bertz CT molecular complexity index is 501. The summed E-state index contributed by atoms with van der Waals surface area (Å²) in [5.74, 6) is 6.71. The highest BCUT2D eigenvalue weighted by Gasteiger charge is 1.85. The highest BCUT2D eigenvalue weighted by molar-refractivity contribution is 5.32. The largest absolute Gasteiger partial charge is 0.497 e. The van der Waals surface area contributed by atoms with Gasteiger partial charge in [-0.25, -0.2) is 0 Å². The van der Waals surface area contributed by atoms with Crippen LogP contribution in [0.5, 0.6) is 5.75 Å². The smallest absolute Gasteiger partial charge is 0.118 e. The maximum atomic E-state index is 4.97. The molecule has 0 atom stereocenters. The molecule has 0 bridgehead atoms. The Hall–Kier alpha value is -2.20. The average Bonchev–Trinajstić information content (AvgIpc) is 2.42. The van der Waals surface area contributed by atoms with Crippen molar-refractivity contribution in [2.45, 2.75) is 13.8 Å². The molecule has 0 spiro atoms. The Morgan fingerprint density at radius 3 is 2.00 bits per heavy atom. The van der Waals surface area contributed by atoms with E-state index in [4.69, 9.17) is 4.74 Å². The summed E-state index contributed by atoms with van der Waals surface area (Å²) in [5.41, 5.74) is 2.34. The molecule has 1 nitrogen and oxygen atoms in total. The topological polar surface area (TPSA) is 9.23 Å². The van der Waals surface area contributed by atoms with Crippen LogP contribution < -0.4 is 4.74 Å². The van der Waals surface area contributed by atoms with Gasteiger partial charge in [0.2, 0.25) is 0 Å². The summed E-state index contributed by atoms with van der Waals surface area (Å²) in [6.45, 7) is 3.90. The van der Waals surface area contributed by atoms with E-state index < -0.39 is 0 Å². The summed E-state index contributed by atoms with van der Waals surface area (Å²) >= 11 is 0. The molecule has 0 aromatic heterocycles. The third-order valence-corrected chi connectivity index (χ3v) is 2.30. The van der Waals surface area contributed by atoms with Gasteiger partial charge in [0.25, 0.3) is 0 Å². The number of aryl methyl sites for hydroxylation is 1. The van der Waals surface area contributed by atoms with Crippen LogP contribution in [0.1, 0.15) is 18.1 Å². The van der Waals surface area contributed by atoms with Gasteiger partial charge in [-0.15, -0.1) is 5.92 Å². The second kappa shape index (κ2) is 7.97. The van der Waals surface area contributed by atoms with Crippen LogP contribution >= 0.6 is 0 Å². The number of rotatable bonds is 1. The third kappa shape index (κ3) is 5.23. The summed E-state index contributed by atoms with van der Waals surface area (Å²) in [4.78, 5) is 0. The number of hydrogen-bond acceptors (Lipinski definition) is 1. The van der Waals surface area contributed by atoms with Gasteiger partial charge < -0.3 is 4.74 Å². The van der Waals surface area contributed by atoms with Crippen molar-refractivity contribution in [2.75, 3.05) is 7.11 Å². The van der Waals surface area contributed by atoms with E-state index in [0.29, 0.717) is 0 Å². The van der Waals surface area contributed by atoms with E-state index in [0.717, 1.165) is 11.3 Å². The number of ether oxygens (including phenoxy) is 1. The van der Waals surface area contributed by atoms with E-state index in [-0.39, 0.29) is 0 Å². The molecule has 0 N–H and O–H groups in total. The lowest BCUT2D eigenvalue weighted by molar-refractivity contribution is 0.414. The molecule has 0 saturated heterocycles. The van der Waals surface area contributed by atoms with Crippen LogP contribution in [-0.4, -0.2) is 7.11 Å². The highest BCUT2D eigenvalue weighted by Crippen LogP contribution is 2.09.